The number of carbonyl (C=O) groups excluding carboxylic acids is 1. The van der Waals surface area contributed by atoms with E-state index in [4.69, 9.17) is 4.74 Å². The first-order chi connectivity index (χ1) is 11.3. The molecule has 4 heteroatoms. The van der Waals surface area contributed by atoms with Gasteiger partial charge in [-0.1, -0.05) is 18.2 Å². The van der Waals surface area contributed by atoms with Crippen molar-refractivity contribution in [3.05, 3.63) is 64.0 Å². The third-order valence-electron chi connectivity index (χ3n) is 4.13. The van der Waals surface area contributed by atoms with Gasteiger partial charge in [0, 0.05) is 11.1 Å². The van der Waals surface area contributed by atoms with Crippen molar-refractivity contribution in [1.29, 1.82) is 0 Å². The Morgan fingerprint density at radius 2 is 2.04 bits per heavy atom. The van der Waals surface area contributed by atoms with Crippen LogP contribution in [0.1, 0.15) is 41.6 Å². The molecule has 2 aromatic rings. The number of allylic oxidation sites excluding steroid dienone is 2. The molecule has 0 radical (unpaired) electrons. The van der Waals surface area contributed by atoms with Crippen molar-refractivity contribution in [1.82, 2.24) is 4.90 Å². The van der Waals surface area contributed by atoms with Crippen LogP contribution in [-0.4, -0.2) is 17.9 Å². The quantitative estimate of drug-likeness (QED) is 0.785. The number of methoxy groups -OCH3 is 1. The fourth-order valence-electron chi connectivity index (χ4n) is 2.83. The first-order valence-electron chi connectivity index (χ1n) is 7.94. The lowest BCUT2D eigenvalue weighted by molar-refractivity contribution is 0.0788. The van der Waals surface area contributed by atoms with Crippen molar-refractivity contribution in [2.24, 2.45) is 0 Å². The van der Waals surface area contributed by atoms with Gasteiger partial charge in [-0.05, 0) is 54.8 Å². The molecule has 0 bridgehead atoms. The lowest BCUT2D eigenvalue weighted by atomic mass is 10.0. The predicted molar refractivity (Wildman–Crippen MR) is 93.7 cm³/mol. The monoisotopic (exact) mass is 327 g/mol. The largest absolute Gasteiger partial charge is 0.497 e. The topological polar surface area (TPSA) is 29.5 Å². The van der Waals surface area contributed by atoms with Gasteiger partial charge in [0.15, 0.2) is 0 Å². The molecule has 3 rings (SSSR count). The molecular weight excluding hydrogens is 306 g/mol. The predicted octanol–water partition coefficient (Wildman–Crippen LogP) is 4.86. The number of hydrogen-bond donors (Lipinski definition) is 0. The second-order valence-electron chi connectivity index (χ2n) is 5.69. The molecule has 0 spiro atoms. The van der Waals surface area contributed by atoms with Crippen molar-refractivity contribution < 1.29 is 9.53 Å². The number of thiophene rings is 1. The second kappa shape index (κ2) is 7.47. The fraction of sp³-hybridized carbons (Fsp3) is 0.316. The molecule has 1 aromatic heterocycles. The van der Waals surface area contributed by atoms with E-state index < -0.39 is 0 Å². The van der Waals surface area contributed by atoms with Gasteiger partial charge in [0.05, 0.1) is 19.2 Å². The van der Waals surface area contributed by atoms with Gasteiger partial charge in [0.1, 0.15) is 5.75 Å². The van der Waals surface area contributed by atoms with E-state index in [0.717, 1.165) is 41.8 Å². The van der Waals surface area contributed by atoms with Crippen LogP contribution in [0.2, 0.25) is 0 Å². The summed E-state index contributed by atoms with van der Waals surface area (Å²) in [5.41, 5.74) is 3.04. The number of rotatable bonds is 5. The molecule has 1 amide bonds. The molecule has 0 saturated heterocycles. The van der Waals surface area contributed by atoms with E-state index in [1.807, 2.05) is 46.0 Å². The molecule has 0 aliphatic heterocycles. The number of amides is 1. The fourth-order valence-corrected chi connectivity index (χ4v) is 3.46. The SMILES string of the molecule is COc1ccc(CN(C(=O)c2ccsc2)C2=CCCCC2)cc1. The van der Waals surface area contributed by atoms with E-state index in [2.05, 4.69) is 6.08 Å². The van der Waals surface area contributed by atoms with Crippen molar-refractivity contribution in [2.75, 3.05) is 7.11 Å². The Hall–Kier alpha value is -2.07. The van der Waals surface area contributed by atoms with Gasteiger partial charge in [0.25, 0.3) is 5.91 Å². The maximum Gasteiger partial charge on any atom is 0.259 e. The van der Waals surface area contributed by atoms with Crippen LogP contribution in [0.4, 0.5) is 0 Å². The van der Waals surface area contributed by atoms with Crippen LogP contribution >= 0.6 is 11.3 Å². The summed E-state index contributed by atoms with van der Waals surface area (Å²) >= 11 is 1.56. The van der Waals surface area contributed by atoms with Gasteiger partial charge in [-0.15, -0.1) is 0 Å². The molecular formula is C19H21NO2S. The zero-order valence-corrected chi connectivity index (χ0v) is 14.1. The molecule has 1 aromatic carbocycles. The molecule has 1 aliphatic carbocycles. The molecule has 0 atom stereocenters. The van der Waals surface area contributed by atoms with Crippen LogP contribution in [0.15, 0.2) is 52.9 Å². The van der Waals surface area contributed by atoms with Gasteiger partial charge in [-0.2, -0.15) is 11.3 Å². The van der Waals surface area contributed by atoms with E-state index in [9.17, 15) is 4.79 Å². The molecule has 0 unspecified atom stereocenters. The van der Waals surface area contributed by atoms with Gasteiger partial charge in [0.2, 0.25) is 0 Å². The Kier molecular flexibility index (Phi) is 5.13. The van der Waals surface area contributed by atoms with Gasteiger partial charge in [-0.3, -0.25) is 4.79 Å². The van der Waals surface area contributed by atoms with Gasteiger partial charge in [-0.25, -0.2) is 0 Å². The summed E-state index contributed by atoms with van der Waals surface area (Å²) < 4.78 is 5.21. The standard InChI is InChI=1S/C19H21NO2S/c1-22-18-9-7-15(8-10-18)13-20(17-5-3-2-4-6-17)19(21)16-11-12-23-14-16/h5,7-12,14H,2-4,6,13H2,1H3. The number of benzene rings is 1. The van der Waals surface area contributed by atoms with Gasteiger partial charge < -0.3 is 9.64 Å². The van der Waals surface area contributed by atoms with Crippen LogP contribution < -0.4 is 4.74 Å². The summed E-state index contributed by atoms with van der Waals surface area (Å²) in [7, 11) is 1.66. The van der Waals surface area contributed by atoms with Crippen LogP contribution in [0.3, 0.4) is 0 Å². The zero-order valence-electron chi connectivity index (χ0n) is 13.3. The zero-order chi connectivity index (χ0) is 16.1. The van der Waals surface area contributed by atoms with Crippen molar-refractivity contribution in [3.8, 4) is 5.75 Å². The highest BCUT2D eigenvalue weighted by atomic mass is 32.1. The Morgan fingerprint density at radius 1 is 1.22 bits per heavy atom. The van der Waals surface area contributed by atoms with E-state index in [0.29, 0.717) is 6.54 Å². The van der Waals surface area contributed by atoms with Crippen LogP contribution in [-0.2, 0) is 6.54 Å². The summed E-state index contributed by atoms with van der Waals surface area (Å²) in [6.45, 7) is 0.602. The number of ether oxygens (including phenoxy) is 1. The second-order valence-corrected chi connectivity index (χ2v) is 6.47. The van der Waals surface area contributed by atoms with Gasteiger partial charge >= 0.3 is 0 Å². The molecule has 3 nitrogen and oxygen atoms in total. The lowest BCUT2D eigenvalue weighted by Gasteiger charge is -2.27. The van der Waals surface area contributed by atoms with Crippen LogP contribution in [0.5, 0.6) is 5.75 Å². The number of carbonyl (C=O) groups is 1. The average molecular weight is 327 g/mol. The van der Waals surface area contributed by atoms with E-state index >= 15 is 0 Å². The lowest BCUT2D eigenvalue weighted by Crippen LogP contribution is -2.30. The number of nitrogens with zero attached hydrogens (tertiary/aromatic N) is 1. The minimum absolute atomic E-state index is 0.0928. The van der Waals surface area contributed by atoms with E-state index in [-0.39, 0.29) is 5.91 Å². The van der Waals surface area contributed by atoms with Crippen molar-refractivity contribution >= 4 is 17.2 Å². The maximum absolute atomic E-state index is 12.9. The molecule has 0 saturated carbocycles. The smallest absolute Gasteiger partial charge is 0.259 e. The first kappa shape index (κ1) is 15.8. The highest BCUT2D eigenvalue weighted by Gasteiger charge is 2.21. The third kappa shape index (κ3) is 3.82. The van der Waals surface area contributed by atoms with E-state index in [1.165, 1.54) is 6.42 Å². The minimum atomic E-state index is 0.0928. The Labute approximate surface area is 141 Å². The van der Waals surface area contributed by atoms with Crippen LogP contribution in [0.25, 0.3) is 0 Å². The summed E-state index contributed by atoms with van der Waals surface area (Å²) in [6.07, 6.45) is 6.63. The summed E-state index contributed by atoms with van der Waals surface area (Å²) in [6, 6.07) is 9.83. The summed E-state index contributed by atoms with van der Waals surface area (Å²) in [4.78, 5) is 14.8. The van der Waals surface area contributed by atoms with Crippen molar-refractivity contribution in [2.45, 2.75) is 32.2 Å². The third-order valence-corrected chi connectivity index (χ3v) is 4.81. The highest BCUT2D eigenvalue weighted by Crippen LogP contribution is 2.25. The summed E-state index contributed by atoms with van der Waals surface area (Å²) in [5, 5.41) is 3.88. The molecule has 120 valence electrons. The van der Waals surface area contributed by atoms with Crippen molar-refractivity contribution in [3.63, 3.8) is 0 Å². The minimum Gasteiger partial charge on any atom is -0.497 e. The number of hydrogen-bond acceptors (Lipinski definition) is 3. The van der Waals surface area contributed by atoms with E-state index in [1.54, 1.807) is 18.4 Å². The molecule has 0 N–H and O–H groups in total. The summed E-state index contributed by atoms with van der Waals surface area (Å²) in [5.74, 6) is 0.927. The van der Waals surface area contributed by atoms with Crippen LogP contribution in [0, 0.1) is 0 Å². The molecule has 1 aliphatic rings. The molecule has 1 heterocycles. The first-order valence-corrected chi connectivity index (χ1v) is 8.88. The normalized spacial score (nSPS) is 14.2. The average Bonchev–Trinajstić information content (AvgIpc) is 3.15. The Balaban J connectivity index is 1.84. The Morgan fingerprint density at radius 3 is 2.65 bits per heavy atom. The maximum atomic E-state index is 12.9. The Bertz CT molecular complexity index is 674. The highest BCUT2D eigenvalue weighted by molar-refractivity contribution is 7.08. The molecule has 0 fully saturated rings. The molecule has 23 heavy (non-hydrogen) atoms.